The van der Waals surface area contributed by atoms with Crippen LogP contribution in [0.15, 0.2) is 28.7 Å². The first kappa shape index (κ1) is 9.22. The summed E-state index contributed by atoms with van der Waals surface area (Å²) in [4.78, 5) is 1.45. The summed E-state index contributed by atoms with van der Waals surface area (Å²) < 4.78 is 2.65. The quantitative estimate of drug-likeness (QED) is 0.687. The van der Waals surface area contributed by atoms with Crippen LogP contribution in [0.3, 0.4) is 0 Å². The van der Waals surface area contributed by atoms with Crippen LogP contribution in [0, 0.1) is 0 Å². The van der Waals surface area contributed by atoms with E-state index in [1.807, 2.05) is 11.3 Å². The van der Waals surface area contributed by atoms with Crippen LogP contribution in [0.5, 0.6) is 0 Å². The lowest BCUT2D eigenvalue weighted by Crippen LogP contribution is -1.80. The summed E-state index contributed by atoms with van der Waals surface area (Å²) in [6.07, 6.45) is 0. The molecule has 0 bridgehead atoms. The number of hydrogen-bond acceptors (Lipinski definition) is 1. The fourth-order valence-electron chi connectivity index (χ4n) is 1.40. The minimum atomic E-state index is 0.603. The first-order valence-electron chi connectivity index (χ1n) is 4.37. The summed E-state index contributed by atoms with van der Waals surface area (Å²) in [5, 5.41) is 1.34. The topological polar surface area (TPSA) is 0 Å². The molecule has 0 aliphatic heterocycles. The number of halogens is 1. The van der Waals surface area contributed by atoms with Crippen molar-refractivity contribution in [2.24, 2.45) is 0 Å². The molecule has 0 spiro atoms. The number of thiophene rings is 1. The molecule has 0 atom stereocenters. The predicted octanol–water partition coefficient (Wildman–Crippen LogP) is 4.79. The van der Waals surface area contributed by atoms with Gasteiger partial charge in [-0.2, -0.15) is 0 Å². The third kappa shape index (κ3) is 1.53. The average Bonchev–Trinajstić information content (AvgIpc) is 2.45. The number of rotatable bonds is 1. The Morgan fingerprint density at radius 2 is 1.92 bits per heavy atom. The van der Waals surface area contributed by atoms with Crippen LogP contribution in [0.2, 0.25) is 0 Å². The van der Waals surface area contributed by atoms with E-state index < -0.39 is 0 Å². The average molecular weight is 255 g/mol. The molecule has 1 heterocycles. The Morgan fingerprint density at radius 3 is 2.54 bits per heavy atom. The summed E-state index contributed by atoms with van der Waals surface area (Å²) in [6.45, 7) is 4.46. The van der Waals surface area contributed by atoms with E-state index in [2.05, 4.69) is 54.0 Å². The van der Waals surface area contributed by atoms with Crippen LogP contribution >= 0.6 is 27.3 Å². The minimum absolute atomic E-state index is 0.603. The Kier molecular flexibility index (Phi) is 2.43. The Hall–Kier alpha value is -0.340. The molecule has 0 aliphatic carbocycles. The molecule has 0 N–H and O–H groups in total. The maximum atomic E-state index is 3.66. The molecule has 0 aliphatic rings. The molecule has 0 saturated heterocycles. The van der Waals surface area contributed by atoms with Crippen molar-refractivity contribution < 1.29 is 0 Å². The van der Waals surface area contributed by atoms with Gasteiger partial charge < -0.3 is 0 Å². The van der Waals surface area contributed by atoms with Gasteiger partial charge in [-0.05, 0) is 27.9 Å². The Morgan fingerprint density at radius 1 is 1.23 bits per heavy atom. The Labute approximate surface area is 90.7 Å². The highest BCUT2D eigenvalue weighted by Crippen LogP contribution is 2.39. The zero-order chi connectivity index (χ0) is 9.42. The largest absolute Gasteiger partial charge is 0.139 e. The van der Waals surface area contributed by atoms with Crippen molar-refractivity contribution in [1.29, 1.82) is 0 Å². The molecule has 0 nitrogen and oxygen atoms in total. The first-order valence-corrected chi connectivity index (χ1v) is 5.98. The van der Waals surface area contributed by atoms with Gasteiger partial charge in [0.05, 0.1) is 0 Å². The molecule has 13 heavy (non-hydrogen) atoms. The highest BCUT2D eigenvalue weighted by atomic mass is 79.9. The van der Waals surface area contributed by atoms with Gasteiger partial charge >= 0.3 is 0 Å². The van der Waals surface area contributed by atoms with Crippen molar-refractivity contribution >= 4 is 37.4 Å². The molecule has 1 aromatic heterocycles. The van der Waals surface area contributed by atoms with E-state index >= 15 is 0 Å². The van der Waals surface area contributed by atoms with Gasteiger partial charge in [-0.3, -0.25) is 0 Å². The monoisotopic (exact) mass is 254 g/mol. The molecule has 68 valence electrons. The van der Waals surface area contributed by atoms with E-state index in [1.165, 1.54) is 19.4 Å². The van der Waals surface area contributed by atoms with Crippen LogP contribution in [0.1, 0.15) is 24.6 Å². The van der Waals surface area contributed by atoms with Crippen LogP contribution in [-0.2, 0) is 0 Å². The molecule has 2 heteroatoms. The molecular formula is C11H11BrS. The summed E-state index contributed by atoms with van der Waals surface area (Å²) in [5.74, 6) is 0.603. The zero-order valence-corrected chi connectivity index (χ0v) is 10.1. The molecule has 0 radical (unpaired) electrons. The maximum Gasteiger partial charge on any atom is 0.0395 e. The summed E-state index contributed by atoms with van der Waals surface area (Å²) in [7, 11) is 0. The van der Waals surface area contributed by atoms with Crippen molar-refractivity contribution in [3.8, 4) is 0 Å². The third-order valence-electron chi connectivity index (χ3n) is 2.08. The lowest BCUT2D eigenvalue weighted by atomic mass is 10.1. The maximum absolute atomic E-state index is 3.66. The van der Waals surface area contributed by atoms with Gasteiger partial charge in [0, 0.05) is 19.4 Å². The molecule has 0 unspecified atom stereocenters. The minimum Gasteiger partial charge on any atom is -0.139 e. The van der Waals surface area contributed by atoms with Crippen molar-refractivity contribution in [1.82, 2.24) is 0 Å². The highest BCUT2D eigenvalue weighted by molar-refractivity contribution is 9.10. The molecule has 0 saturated carbocycles. The van der Waals surface area contributed by atoms with Crippen LogP contribution in [-0.4, -0.2) is 0 Å². The van der Waals surface area contributed by atoms with E-state index in [1.54, 1.807) is 0 Å². The van der Waals surface area contributed by atoms with Gasteiger partial charge in [-0.1, -0.05) is 32.0 Å². The second-order valence-electron chi connectivity index (χ2n) is 3.43. The van der Waals surface area contributed by atoms with Gasteiger partial charge in [0.15, 0.2) is 0 Å². The highest BCUT2D eigenvalue weighted by Gasteiger charge is 2.11. The van der Waals surface area contributed by atoms with Crippen LogP contribution < -0.4 is 0 Å². The van der Waals surface area contributed by atoms with Gasteiger partial charge in [0.25, 0.3) is 0 Å². The van der Waals surface area contributed by atoms with Crippen LogP contribution in [0.4, 0.5) is 0 Å². The second-order valence-corrected chi connectivity index (χ2v) is 5.31. The van der Waals surface area contributed by atoms with E-state index in [0.29, 0.717) is 5.92 Å². The van der Waals surface area contributed by atoms with Crippen LogP contribution in [0.25, 0.3) is 10.1 Å². The fourth-order valence-corrected chi connectivity index (χ4v) is 3.68. The summed E-state index contributed by atoms with van der Waals surface area (Å²) in [6, 6.07) is 8.53. The Bertz CT molecular complexity index is 429. The molecule has 0 amide bonds. The van der Waals surface area contributed by atoms with Crippen molar-refractivity contribution in [2.45, 2.75) is 19.8 Å². The summed E-state index contributed by atoms with van der Waals surface area (Å²) >= 11 is 5.55. The van der Waals surface area contributed by atoms with E-state index in [4.69, 9.17) is 0 Å². The van der Waals surface area contributed by atoms with Gasteiger partial charge in [0.2, 0.25) is 0 Å². The third-order valence-corrected chi connectivity index (χ3v) is 4.67. The molecular weight excluding hydrogens is 244 g/mol. The standard InChI is InChI=1S/C11H11BrS/c1-7(2)11-10(12)8-5-3-4-6-9(8)13-11/h3-7H,1-2H3. The first-order chi connectivity index (χ1) is 6.20. The van der Waals surface area contributed by atoms with Crippen molar-refractivity contribution in [3.63, 3.8) is 0 Å². The predicted molar refractivity (Wildman–Crippen MR) is 63.6 cm³/mol. The van der Waals surface area contributed by atoms with Crippen molar-refractivity contribution in [3.05, 3.63) is 33.6 Å². The van der Waals surface area contributed by atoms with E-state index in [9.17, 15) is 0 Å². The van der Waals surface area contributed by atoms with E-state index in [0.717, 1.165) is 0 Å². The van der Waals surface area contributed by atoms with Gasteiger partial charge in [-0.15, -0.1) is 11.3 Å². The number of fused-ring (bicyclic) bond motifs is 1. The van der Waals surface area contributed by atoms with Gasteiger partial charge in [-0.25, -0.2) is 0 Å². The Balaban J connectivity index is 2.74. The summed E-state index contributed by atoms with van der Waals surface area (Å²) in [5.41, 5.74) is 0. The lowest BCUT2D eigenvalue weighted by Gasteiger charge is -1.99. The van der Waals surface area contributed by atoms with E-state index in [-0.39, 0.29) is 0 Å². The normalized spacial score (nSPS) is 11.4. The molecule has 0 fully saturated rings. The van der Waals surface area contributed by atoms with Crippen molar-refractivity contribution in [2.75, 3.05) is 0 Å². The second kappa shape index (κ2) is 3.43. The molecule has 2 rings (SSSR count). The molecule has 1 aromatic carbocycles. The van der Waals surface area contributed by atoms with Gasteiger partial charge in [0.1, 0.15) is 0 Å². The zero-order valence-electron chi connectivity index (χ0n) is 7.67. The fraction of sp³-hybridized carbons (Fsp3) is 0.273. The molecule has 2 aromatic rings. The number of benzene rings is 1. The number of hydrogen-bond donors (Lipinski definition) is 0. The SMILES string of the molecule is CC(C)c1sc2ccccc2c1Br. The smallest absolute Gasteiger partial charge is 0.0395 e. The lowest BCUT2D eigenvalue weighted by molar-refractivity contribution is 0.886.